The predicted molar refractivity (Wildman–Crippen MR) is 65.1 cm³/mol. The second-order valence-electron chi connectivity index (χ2n) is 3.45. The number of benzene rings is 1. The van der Waals surface area contributed by atoms with E-state index in [1.807, 2.05) is 0 Å². The number of allylic oxidation sites excluding steroid dienone is 3. The summed E-state index contributed by atoms with van der Waals surface area (Å²) >= 11 is 0. The van der Waals surface area contributed by atoms with E-state index >= 15 is 0 Å². The van der Waals surface area contributed by atoms with E-state index in [0.717, 1.165) is 11.6 Å². The van der Waals surface area contributed by atoms with E-state index in [9.17, 15) is 9.90 Å². The zero-order chi connectivity index (χ0) is 12.8. The summed E-state index contributed by atoms with van der Waals surface area (Å²) in [5.74, 6) is 0.0375. The molecule has 0 aromatic heterocycles. The lowest BCUT2D eigenvalue weighted by molar-refractivity contribution is -0.110. The van der Waals surface area contributed by atoms with Gasteiger partial charge in [-0.2, -0.15) is 0 Å². The van der Waals surface area contributed by atoms with E-state index in [0.29, 0.717) is 5.75 Å². The monoisotopic (exact) mass is 234 g/mol. The van der Waals surface area contributed by atoms with Gasteiger partial charge in [-0.05, 0) is 30.7 Å². The van der Waals surface area contributed by atoms with Gasteiger partial charge in [0.2, 0.25) is 0 Å². The van der Waals surface area contributed by atoms with Gasteiger partial charge in [0.25, 0.3) is 0 Å². The summed E-state index contributed by atoms with van der Waals surface area (Å²) in [6.07, 6.45) is 4.02. The number of ketones is 1. The molecule has 0 saturated heterocycles. The highest BCUT2D eigenvalue weighted by Gasteiger charge is 2.00. The van der Waals surface area contributed by atoms with Gasteiger partial charge in [0.1, 0.15) is 0 Å². The molecule has 0 amide bonds. The first-order valence-electron chi connectivity index (χ1n) is 4.99. The van der Waals surface area contributed by atoms with Crippen molar-refractivity contribution in [1.29, 1.82) is 0 Å². The molecule has 4 heteroatoms. The van der Waals surface area contributed by atoms with Crippen LogP contribution >= 0.6 is 0 Å². The van der Waals surface area contributed by atoms with E-state index < -0.39 is 0 Å². The van der Waals surface area contributed by atoms with Crippen molar-refractivity contribution in [2.75, 3.05) is 7.11 Å². The molecule has 1 aromatic carbocycles. The Morgan fingerprint density at radius 1 is 1.41 bits per heavy atom. The minimum absolute atomic E-state index is 0.0389. The summed E-state index contributed by atoms with van der Waals surface area (Å²) in [6, 6.07) is 4.74. The highest BCUT2D eigenvalue weighted by Crippen LogP contribution is 2.26. The lowest BCUT2D eigenvalue weighted by Gasteiger charge is -2.03. The Bertz CT molecular complexity index is 468. The van der Waals surface area contributed by atoms with E-state index in [1.165, 1.54) is 26.2 Å². The van der Waals surface area contributed by atoms with E-state index in [-0.39, 0.29) is 17.3 Å². The molecule has 4 nitrogen and oxygen atoms in total. The van der Waals surface area contributed by atoms with Gasteiger partial charge >= 0.3 is 0 Å². The van der Waals surface area contributed by atoms with Gasteiger partial charge in [-0.1, -0.05) is 12.1 Å². The number of ether oxygens (including phenoxy) is 1. The third kappa shape index (κ3) is 4.03. The molecule has 0 saturated carbocycles. The van der Waals surface area contributed by atoms with Crippen LogP contribution in [0.25, 0.3) is 6.08 Å². The number of methoxy groups -OCH3 is 1. The number of aliphatic hydroxyl groups is 1. The lowest BCUT2D eigenvalue weighted by atomic mass is 10.1. The molecule has 2 N–H and O–H groups in total. The van der Waals surface area contributed by atoms with Crippen molar-refractivity contribution in [3.8, 4) is 11.5 Å². The van der Waals surface area contributed by atoms with E-state index in [1.54, 1.807) is 18.2 Å². The van der Waals surface area contributed by atoms with Crippen molar-refractivity contribution in [3.05, 3.63) is 41.7 Å². The van der Waals surface area contributed by atoms with Crippen molar-refractivity contribution in [2.24, 2.45) is 0 Å². The minimum Gasteiger partial charge on any atom is -0.512 e. The summed E-state index contributed by atoms with van der Waals surface area (Å²) < 4.78 is 4.94. The third-order valence-electron chi connectivity index (χ3n) is 1.99. The largest absolute Gasteiger partial charge is 0.512 e. The maximum atomic E-state index is 11.2. The number of aliphatic hydroxyl groups excluding tert-OH is 1. The molecule has 0 aliphatic carbocycles. The zero-order valence-electron chi connectivity index (χ0n) is 9.68. The van der Waals surface area contributed by atoms with Gasteiger partial charge in [-0.3, -0.25) is 4.79 Å². The molecule has 0 fully saturated rings. The van der Waals surface area contributed by atoms with Crippen LogP contribution in [-0.4, -0.2) is 23.1 Å². The molecule has 0 heterocycles. The first kappa shape index (κ1) is 12.8. The van der Waals surface area contributed by atoms with Gasteiger partial charge < -0.3 is 14.9 Å². The van der Waals surface area contributed by atoms with Crippen LogP contribution in [0.2, 0.25) is 0 Å². The van der Waals surface area contributed by atoms with Crippen LogP contribution in [0.3, 0.4) is 0 Å². The van der Waals surface area contributed by atoms with Gasteiger partial charge in [0.05, 0.1) is 12.9 Å². The number of hydrogen-bond acceptors (Lipinski definition) is 4. The van der Waals surface area contributed by atoms with Gasteiger partial charge in [0.15, 0.2) is 17.3 Å². The molecule has 17 heavy (non-hydrogen) atoms. The smallest absolute Gasteiger partial charge is 0.181 e. The Hall–Kier alpha value is -2.23. The number of rotatable bonds is 4. The molecular weight excluding hydrogens is 220 g/mol. The Morgan fingerprint density at radius 3 is 2.71 bits per heavy atom. The third-order valence-corrected chi connectivity index (χ3v) is 1.99. The van der Waals surface area contributed by atoms with Gasteiger partial charge in [-0.15, -0.1) is 0 Å². The van der Waals surface area contributed by atoms with Crippen LogP contribution in [0, 0.1) is 0 Å². The fourth-order valence-electron chi connectivity index (χ4n) is 1.23. The van der Waals surface area contributed by atoms with Crippen LogP contribution in [0.1, 0.15) is 12.5 Å². The summed E-state index contributed by atoms with van der Waals surface area (Å²) in [7, 11) is 1.45. The number of aromatic hydroxyl groups is 1. The zero-order valence-corrected chi connectivity index (χ0v) is 9.68. The summed E-state index contributed by atoms with van der Waals surface area (Å²) in [5.41, 5.74) is 0.719. The Labute approximate surface area is 99.5 Å². The molecule has 90 valence electrons. The average Bonchev–Trinajstić information content (AvgIpc) is 2.27. The molecule has 1 aromatic rings. The van der Waals surface area contributed by atoms with Crippen LogP contribution in [0.15, 0.2) is 36.1 Å². The van der Waals surface area contributed by atoms with Crippen LogP contribution in [0.4, 0.5) is 0 Å². The van der Waals surface area contributed by atoms with Crippen LogP contribution < -0.4 is 4.74 Å². The topological polar surface area (TPSA) is 66.8 Å². The predicted octanol–water partition coefficient (Wildman–Crippen LogP) is 2.44. The number of carbonyl (C=O) groups is 1. The number of phenolic OH excluding ortho intramolecular Hbond substituents is 1. The molecule has 0 unspecified atom stereocenters. The Kier molecular flexibility index (Phi) is 4.34. The minimum atomic E-state index is -0.308. The van der Waals surface area contributed by atoms with E-state index in [2.05, 4.69) is 0 Å². The molecule has 0 aliphatic heterocycles. The molecular formula is C13H14O4. The summed E-state index contributed by atoms with van der Waals surface area (Å²) in [6.45, 7) is 1.43. The fourth-order valence-corrected chi connectivity index (χ4v) is 1.23. The Balaban J connectivity index is 2.85. The van der Waals surface area contributed by atoms with Crippen molar-refractivity contribution in [3.63, 3.8) is 0 Å². The normalized spacial score (nSPS) is 11.8. The summed E-state index contributed by atoms with van der Waals surface area (Å²) in [4.78, 5) is 11.2. The van der Waals surface area contributed by atoms with Crippen molar-refractivity contribution in [1.82, 2.24) is 0 Å². The molecule has 0 aliphatic rings. The Morgan fingerprint density at radius 2 is 2.12 bits per heavy atom. The van der Waals surface area contributed by atoms with Crippen molar-refractivity contribution < 1.29 is 19.7 Å². The SMILES string of the molecule is COc1cc(/C=C/C(=O)/C=C(\C)O)ccc1O. The molecule has 0 atom stereocenters. The number of carbonyl (C=O) groups excluding carboxylic acids is 1. The molecule has 0 radical (unpaired) electrons. The van der Waals surface area contributed by atoms with Crippen molar-refractivity contribution in [2.45, 2.75) is 6.92 Å². The maximum Gasteiger partial charge on any atom is 0.181 e. The highest BCUT2D eigenvalue weighted by atomic mass is 16.5. The standard InChI is InChI=1S/C13H14O4/c1-9(14)7-11(15)5-3-10-4-6-12(16)13(8-10)17-2/h3-8,14,16H,1-2H3/b5-3+,9-7+. The van der Waals surface area contributed by atoms with E-state index in [4.69, 9.17) is 9.84 Å². The second-order valence-corrected chi connectivity index (χ2v) is 3.45. The van der Waals surface area contributed by atoms with Gasteiger partial charge in [-0.25, -0.2) is 0 Å². The number of phenols is 1. The lowest BCUT2D eigenvalue weighted by Crippen LogP contribution is -1.88. The molecule has 1 rings (SSSR count). The first-order valence-corrected chi connectivity index (χ1v) is 4.99. The average molecular weight is 234 g/mol. The molecule has 0 bridgehead atoms. The first-order chi connectivity index (χ1) is 8.02. The van der Waals surface area contributed by atoms with Crippen LogP contribution in [0.5, 0.6) is 11.5 Å². The van der Waals surface area contributed by atoms with Crippen LogP contribution in [-0.2, 0) is 4.79 Å². The fraction of sp³-hybridized carbons (Fsp3) is 0.154. The van der Waals surface area contributed by atoms with Crippen molar-refractivity contribution >= 4 is 11.9 Å². The maximum absolute atomic E-state index is 11.2. The molecule has 0 spiro atoms. The number of hydrogen-bond donors (Lipinski definition) is 2. The second kappa shape index (κ2) is 5.75. The highest BCUT2D eigenvalue weighted by molar-refractivity contribution is 6.02. The quantitative estimate of drug-likeness (QED) is 0.620. The summed E-state index contributed by atoms with van der Waals surface area (Å²) in [5, 5.41) is 18.3. The van der Waals surface area contributed by atoms with Gasteiger partial charge in [0, 0.05) is 6.08 Å².